The Morgan fingerprint density at radius 2 is 2.33 bits per heavy atom. The zero-order valence-electron chi connectivity index (χ0n) is 12.2. The Morgan fingerprint density at radius 3 is 3.05 bits per heavy atom. The van der Waals surface area contributed by atoms with Crippen LogP contribution in [0.1, 0.15) is 31.4 Å². The summed E-state index contributed by atoms with van der Waals surface area (Å²) in [6.07, 6.45) is 3.45. The molecule has 1 aliphatic rings. The van der Waals surface area contributed by atoms with Gasteiger partial charge in [0.05, 0.1) is 0 Å². The molecule has 1 aromatic rings. The second-order valence-electron chi connectivity index (χ2n) is 5.12. The average Bonchev–Trinajstić information content (AvgIpc) is 2.92. The standard InChI is InChI=1S/C14H21N3O4/c1-2-21-10-13(18)16-7-3-4-11(8-16)12-5-6-15-17(12)9-14(19)20/h5-6,11H,2-4,7-10H2,1H3,(H,19,20). The molecule has 0 radical (unpaired) electrons. The molecule has 0 spiro atoms. The minimum absolute atomic E-state index is 0.00847. The van der Waals surface area contributed by atoms with Crippen LogP contribution in [0, 0.1) is 0 Å². The van der Waals surface area contributed by atoms with E-state index < -0.39 is 5.97 Å². The molecule has 0 aromatic carbocycles. The van der Waals surface area contributed by atoms with Crippen LogP contribution >= 0.6 is 0 Å². The van der Waals surface area contributed by atoms with E-state index in [9.17, 15) is 9.59 Å². The number of likely N-dealkylation sites (tertiary alicyclic amines) is 1. The summed E-state index contributed by atoms with van der Waals surface area (Å²) in [6, 6.07) is 1.84. The maximum absolute atomic E-state index is 12.0. The molecule has 1 N–H and O–H groups in total. The Hall–Kier alpha value is -1.89. The lowest BCUT2D eigenvalue weighted by molar-refractivity contribution is -0.139. The molecule has 7 nitrogen and oxygen atoms in total. The van der Waals surface area contributed by atoms with Crippen molar-refractivity contribution in [2.75, 3.05) is 26.3 Å². The third-order valence-electron chi connectivity index (χ3n) is 3.66. The molecule has 1 saturated heterocycles. The largest absolute Gasteiger partial charge is 0.480 e. The highest BCUT2D eigenvalue weighted by Gasteiger charge is 2.27. The fourth-order valence-corrected chi connectivity index (χ4v) is 2.68. The predicted octanol–water partition coefficient (Wildman–Crippen LogP) is 0.710. The lowest BCUT2D eigenvalue weighted by atomic mass is 9.94. The number of piperidine rings is 1. The molecule has 2 rings (SSSR count). The van der Waals surface area contributed by atoms with E-state index in [4.69, 9.17) is 9.84 Å². The Morgan fingerprint density at radius 1 is 1.52 bits per heavy atom. The molecule has 0 saturated carbocycles. The number of carboxylic acid groups (broad SMARTS) is 1. The minimum atomic E-state index is -0.917. The van der Waals surface area contributed by atoms with E-state index in [0.717, 1.165) is 25.1 Å². The molecule has 1 aliphatic heterocycles. The van der Waals surface area contributed by atoms with Crippen molar-refractivity contribution in [3.63, 3.8) is 0 Å². The summed E-state index contributed by atoms with van der Waals surface area (Å²) in [5.41, 5.74) is 0.881. The Bertz CT molecular complexity index is 500. The molecule has 116 valence electrons. The number of hydrogen-bond acceptors (Lipinski definition) is 4. The number of carboxylic acids is 1. The third kappa shape index (κ3) is 4.04. The van der Waals surface area contributed by atoms with Gasteiger partial charge in [-0.15, -0.1) is 0 Å². The van der Waals surface area contributed by atoms with Gasteiger partial charge in [-0.05, 0) is 25.8 Å². The van der Waals surface area contributed by atoms with Crippen LogP contribution in [0.15, 0.2) is 12.3 Å². The van der Waals surface area contributed by atoms with Crippen LogP contribution in [0.2, 0.25) is 0 Å². The highest BCUT2D eigenvalue weighted by atomic mass is 16.5. The van der Waals surface area contributed by atoms with E-state index in [1.165, 1.54) is 4.68 Å². The topological polar surface area (TPSA) is 84.7 Å². The molecular weight excluding hydrogens is 274 g/mol. The summed E-state index contributed by atoms with van der Waals surface area (Å²) in [7, 11) is 0. The van der Waals surface area contributed by atoms with Gasteiger partial charge in [0.2, 0.25) is 5.91 Å². The summed E-state index contributed by atoms with van der Waals surface area (Å²) in [6.45, 7) is 3.67. The first kappa shape index (κ1) is 15.5. The third-order valence-corrected chi connectivity index (χ3v) is 3.66. The van der Waals surface area contributed by atoms with E-state index >= 15 is 0 Å². The molecule has 2 heterocycles. The molecule has 1 aromatic heterocycles. The van der Waals surface area contributed by atoms with E-state index in [1.807, 2.05) is 13.0 Å². The molecular formula is C14H21N3O4. The Balaban J connectivity index is 2.02. The normalized spacial score (nSPS) is 18.7. The van der Waals surface area contributed by atoms with Gasteiger partial charge in [-0.1, -0.05) is 0 Å². The molecule has 21 heavy (non-hydrogen) atoms. The number of aliphatic carboxylic acids is 1. The Labute approximate surface area is 123 Å². The van der Waals surface area contributed by atoms with Crippen LogP contribution in [0.25, 0.3) is 0 Å². The van der Waals surface area contributed by atoms with Crippen molar-refractivity contribution in [2.24, 2.45) is 0 Å². The van der Waals surface area contributed by atoms with E-state index in [1.54, 1.807) is 11.1 Å². The summed E-state index contributed by atoms with van der Waals surface area (Å²) in [5.74, 6) is -0.794. The van der Waals surface area contributed by atoms with Gasteiger partial charge >= 0.3 is 5.97 Å². The van der Waals surface area contributed by atoms with Crippen molar-refractivity contribution in [2.45, 2.75) is 32.2 Å². The molecule has 7 heteroatoms. The second-order valence-corrected chi connectivity index (χ2v) is 5.12. The van der Waals surface area contributed by atoms with Gasteiger partial charge in [-0.2, -0.15) is 5.10 Å². The summed E-state index contributed by atoms with van der Waals surface area (Å²) in [4.78, 5) is 24.7. The number of nitrogens with zero attached hydrogens (tertiary/aromatic N) is 3. The van der Waals surface area contributed by atoms with Crippen molar-refractivity contribution in [1.29, 1.82) is 0 Å². The molecule has 1 fully saturated rings. The number of amides is 1. The Kier molecular flexibility index (Phi) is 5.32. The molecule has 1 unspecified atom stereocenters. The van der Waals surface area contributed by atoms with Crippen LogP contribution in [-0.4, -0.2) is 58.0 Å². The fourth-order valence-electron chi connectivity index (χ4n) is 2.68. The summed E-state index contributed by atoms with van der Waals surface area (Å²) < 4.78 is 6.67. The predicted molar refractivity (Wildman–Crippen MR) is 74.9 cm³/mol. The van der Waals surface area contributed by atoms with Gasteiger partial charge in [0, 0.05) is 37.5 Å². The summed E-state index contributed by atoms with van der Waals surface area (Å²) in [5, 5.41) is 13.0. The van der Waals surface area contributed by atoms with Gasteiger partial charge in [0.25, 0.3) is 0 Å². The first-order valence-corrected chi connectivity index (χ1v) is 7.20. The van der Waals surface area contributed by atoms with Crippen molar-refractivity contribution in [3.05, 3.63) is 18.0 Å². The summed E-state index contributed by atoms with van der Waals surface area (Å²) >= 11 is 0. The number of aromatic nitrogens is 2. The van der Waals surface area contributed by atoms with Crippen LogP contribution in [0.5, 0.6) is 0 Å². The molecule has 1 amide bonds. The van der Waals surface area contributed by atoms with Crippen LogP contribution in [-0.2, 0) is 20.9 Å². The average molecular weight is 295 g/mol. The van der Waals surface area contributed by atoms with Crippen LogP contribution < -0.4 is 0 Å². The number of carbonyl (C=O) groups excluding carboxylic acids is 1. The van der Waals surface area contributed by atoms with Crippen molar-refractivity contribution < 1.29 is 19.4 Å². The molecule has 0 bridgehead atoms. The zero-order valence-corrected chi connectivity index (χ0v) is 12.2. The maximum atomic E-state index is 12.0. The quantitative estimate of drug-likeness (QED) is 0.835. The van der Waals surface area contributed by atoms with Crippen molar-refractivity contribution >= 4 is 11.9 Å². The maximum Gasteiger partial charge on any atom is 0.325 e. The monoisotopic (exact) mass is 295 g/mol. The number of carbonyl (C=O) groups is 2. The van der Waals surface area contributed by atoms with Crippen LogP contribution in [0.4, 0.5) is 0 Å². The second kappa shape index (κ2) is 7.21. The van der Waals surface area contributed by atoms with Gasteiger partial charge in [0.1, 0.15) is 13.2 Å². The zero-order chi connectivity index (χ0) is 15.2. The SMILES string of the molecule is CCOCC(=O)N1CCCC(c2ccnn2CC(=O)O)C1. The number of rotatable bonds is 6. The highest BCUT2D eigenvalue weighted by molar-refractivity contribution is 5.77. The van der Waals surface area contributed by atoms with Crippen molar-refractivity contribution in [1.82, 2.24) is 14.7 Å². The van der Waals surface area contributed by atoms with E-state index in [2.05, 4.69) is 5.10 Å². The molecule has 1 atom stereocenters. The number of hydrogen-bond donors (Lipinski definition) is 1. The van der Waals surface area contributed by atoms with Crippen molar-refractivity contribution in [3.8, 4) is 0 Å². The van der Waals surface area contributed by atoms with Crippen LogP contribution in [0.3, 0.4) is 0 Å². The molecule has 0 aliphatic carbocycles. The van der Waals surface area contributed by atoms with Gasteiger partial charge in [0.15, 0.2) is 0 Å². The highest BCUT2D eigenvalue weighted by Crippen LogP contribution is 2.26. The smallest absolute Gasteiger partial charge is 0.325 e. The first-order valence-electron chi connectivity index (χ1n) is 7.20. The first-order chi connectivity index (χ1) is 10.1. The lowest BCUT2D eigenvalue weighted by Crippen LogP contribution is -2.41. The lowest BCUT2D eigenvalue weighted by Gasteiger charge is -2.33. The van der Waals surface area contributed by atoms with E-state index in [-0.39, 0.29) is 25.0 Å². The fraction of sp³-hybridized carbons (Fsp3) is 0.643. The number of ether oxygens (including phenoxy) is 1. The minimum Gasteiger partial charge on any atom is -0.480 e. The van der Waals surface area contributed by atoms with Gasteiger partial charge in [-0.25, -0.2) is 0 Å². The van der Waals surface area contributed by atoms with E-state index in [0.29, 0.717) is 13.2 Å². The van der Waals surface area contributed by atoms with Gasteiger partial charge in [-0.3, -0.25) is 14.3 Å². The van der Waals surface area contributed by atoms with Gasteiger partial charge < -0.3 is 14.7 Å².